The van der Waals surface area contributed by atoms with Crippen molar-refractivity contribution < 1.29 is 4.79 Å². The quantitative estimate of drug-likeness (QED) is 0.805. The number of anilines is 3. The summed E-state index contributed by atoms with van der Waals surface area (Å²) in [5, 5.41) is 2.92. The number of aryl methyl sites for hydroxylation is 1. The van der Waals surface area contributed by atoms with Crippen LogP contribution in [-0.4, -0.2) is 19.5 Å². The summed E-state index contributed by atoms with van der Waals surface area (Å²) in [7, 11) is 2.04. The molecule has 1 heterocycles. The summed E-state index contributed by atoms with van der Waals surface area (Å²) in [6.07, 6.45) is 1.32. The van der Waals surface area contributed by atoms with Crippen molar-refractivity contribution in [3.63, 3.8) is 0 Å². The highest BCUT2D eigenvalue weighted by molar-refractivity contribution is 5.95. The average Bonchev–Trinajstić information content (AvgIpc) is 2.26. The molecule has 1 aliphatic rings. The minimum absolute atomic E-state index is 0.0849. The topological polar surface area (TPSA) is 58.4 Å². The third-order valence-corrected chi connectivity index (χ3v) is 3.27. The number of amides is 1. The molecule has 4 nitrogen and oxygen atoms in total. The number of nitrogens with zero attached hydrogens (tertiary/aromatic N) is 1. The van der Waals surface area contributed by atoms with Crippen LogP contribution in [0.5, 0.6) is 0 Å². The Hall–Kier alpha value is -1.71. The lowest BCUT2D eigenvalue weighted by molar-refractivity contribution is -0.116. The van der Waals surface area contributed by atoms with Crippen LogP contribution < -0.4 is 16.0 Å². The molecule has 104 valence electrons. The molecule has 0 atom stereocenters. The molecule has 2 rings (SSSR count). The van der Waals surface area contributed by atoms with Crippen molar-refractivity contribution in [2.75, 3.05) is 29.5 Å². The lowest BCUT2D eigenvalue weighted by atomic mass is 9.95. The molecule has 1 aliphatic heterocycles. The number of fused-ring (bicyclic) bond motifs is 1. The Labute approximate surface area is 115 Å². The van der Waals surface area contributed by atoms with Crippen LogP contribution in [0.2, 0.25) is 0 Å². The summed E-state index contributed by atoms with van der Waals surface area (Å²) in [5.74, 6) is 0.0849. The molecule has 0 aromatic heterocycles. The van der Waals surface area contributed by atoms with E-state index in [-0.39, 0.29) is 11.3 Å². The van der Waals surface area contributed by atoms with Gasteiger partial charge >= 0.3 is 0 Å². The van der Waals surface area contributed by atoms with Gasteiger partial charge in [-0.25, -0.2) is 0 Å². The molecule has 0 unspecified atom stereocenters. The van der Waals surface area contributed by atoms with Gasteiger partial charge in [0.15, 0.2) is 0 Å². The van der Waals surface area contributed by atoms with Gasteiger partial charge in [-0.2, -0.15) is 0 Å². The highest BCUT2D eigenvalue weighted by Gasteiger charge is 2.20. The van der Waals surface area contributed by atoms with E-state index < -0.39 is 0 Å². The molecule has 1 aromatic rings. The van der Waals surface area contributed by atoms with Crippen LogP contribution in [0.25, 0.3) is 0 Å². The van der Waals surface area contributed by atoms with E-state index in [0.29, 0.717) is 6.42 Å². The molecule has 0 saturated heterocycles. The third kappa shape index (κ3) is 3.19. The second-order valence-electron chi connectivity index (χ2n) is 6.53. The lowest BCUT2D eigenvalue weighted by Crippen LogP contribution is -2.30. The van der Waals surface area contributed by atoms with Gasteiger partial charge in [-0.05, 0) is 29.5 Å². The zero-order valence-electron chi connectivity index (χ0n) is 12.2. The van der Waals surface area contributed by atoms with Gasteiger partial charge in [0.25, 0.3) is 0 Å². The van der Waals surface area contributed by atoms with Gasteiger partial charge in [0.1, 0.15) is 0 Å². The second-order valence-corrected chi connectivity index (χ2v) is 6.53. The van der Waals surface area contributed by atoms with Crippen LogP contribution in [0.1, 0.15) is 32.8 Å². The Balaban J connectivity index is 2.31. The van der Waals surface area contributed by atoms with Crippen molar-refractivity contribution in [1.82, 2.24) is 0 Å². The predicted octanol–water partition coefficient (Wildman–Crippen LogP) is 2.64. The van der Waals surface area contributed by atoms with Gasteiger partial charge in [-0.15, -0.1) is 0 Å². The van der Waals surface area contributed by atoms with Crippen molar-refractivity contribution in [1.29, 1.82) is 0 Å². The fourth-order valence-electron chi connectivity index (χ4n) is 2.56. The molecular weight excluding hydrogens is 238 g/mol. The molecule has 0 fully saturated rings. The van der Waals surface area contributed by atoms with Crippen LogP contribution >= 0.6 is 0 Å². The zero-order valence-corrected chi connectivity index (χ0v) is 12.2. The average molecular weight is 261 g/mol. The maximum atomic E-state index is 11.5. The summed E-state index contributed by atoms with van der Waals surface area (Å²) < 4.78 is 0. The van der Waals surface area contributed by atoms with E-state index in [2.05, 4.69) is 31.0 Å². The first-order chi connectivity index (χ1) is 8.76. The van der Waals surface area contributed by atoms with E-state index >= 15 is 0 Å². The minimum atomic E-state index is 0.0849. The molecule has 3 N–H and O–H groups in total. The standard InChI is InChI=1S/C15H23N3O/c1-15(2,3)9-18(4)13-8-12-10(7-11(13)16)5-6-14(19)17-12/h7-8H,5-6,9,16H2,1-4H3,(H,17,19). The molecule has 0 spiro atoms. The van der Waals surface area contributed by atoms with Gasteiger partial charge in [-0.3, -0.25) is 4.79 Å². The first-order valence-corrected chi connectivity index (χ1v) is 6.70. The van der Waals surface area contributed by atoms with Gasteiger partial charge in [0.05, 0.1) is 11.4 Å². The third-order valence-electron chi connectivity index (χ3n) is 3.27. The van der Waals surface area contributed by atoms with E-state index in [1.54, 1.807) is 0 Å². The van der Waals surface area contributed by atoms with E-state index in [9.17, 15) is 4.79 Å². The number of carbonyl (C=O) groups is 1. The second kappa shape index (κ2) is 4.76. The summed E-state index contributed by atoms with van der Waals surface area (Å²) in [4.78, 5) is 13.6. The Bertz CT molecular complexity index is 503. The van der Waals surface area contributed by atoms with Gasteiger partial charge in [0.2, 0.25) is 5.91 Å². The van der Waals surface area contributed by atoms with Crippen molar-refractivity contribution in [3.05, 3.63) is 17.7 Å². The smallest absolute Gasteiger partial charge is 0.224 e. The summed E-state index contributed by atoms with van der Waals surface area (Å²) >= 11 is 0. The van der Waals surface area contributed by atoms with Crippen molar-refractivity contribution in [3.8, 4) is 0 Å². The van der Waals surface area contributed by atoms with Gasteiger partial charge in [0, 0.05) is 25.7 Å². The van der Waals surface area contributed by atoms with E-state index in [4.69, 9.17) is 5.73 Å². The Kier molecular flexibility index (Phi) is 3.43. The SMILES string of the molecule is CN(CC(C)(C)C)c1cc2c(cc1N)CCC(=O)N2. The highest BCUT2D eigenvalue weighted by atomic mass is 16.1. The van der Waals surface area contributed by atoms with Crippen LogP contribution in [0.4, 0.5) is 17.1 Å². The molecule has 0 bridgehead atoms. The number of nitrogens with one attached hydrogen (secondary N) is 1. The molecule has 4 heteroatoms. The first kappa shape index (κ1) is 13.7. The molecule has 0 radical (unpaired) electrons. The Morgan fingerprint density at radius 2 is 2.00 bits per heavy atom. The molecule has 1 aromatic carbocycles. The molecular formula is C15H23N3O. The maximum Gasteiger partial charge on any atom is 0.224 e. The fourth-order valence-corrected chi connectivity index (χ4v) is 2.56. The highest BCUT2D eigenvalue weighted by Crippen LogP contribution is 2.33. The summed E-state index contributed by atoms with van der Waals surface area (Å²) in [6, 6.07) is 3.98. The zero-order chi connectivity index (χ0) is 14.2. The normalized spacial score (nSPS) is 14.8. The number of nitrogens with two attached hydrogens (primary N) is 1. The van der Waals surface area contributed by atoms with E-state index in [1.165, 1.54) is 0 Å². The maximum absolute atomic E-state index is 11.5. The van der Waals surface area contributed by atoms with Crippen LogP contribution in [-0.2, 0) is 11.2 Å². The molecule has 1 amide bonds. The Morgan fingerprint density at radius 1 is 1.32 bits per heavy atom. The number of hydrogen-bond acceptors (Lipinski definition) is 3. The number of carbonyl (C=O) groups excluding carboxylic acids is 1. The minimum Gasteiger partial charge on any atom is -0.397 e. The number of nitrogen functional groups attached to an aromatic ring is 1. The Morgan fingerprint density at radius 3 is 2.63 bits per heavy atom. The summed E-state index contributed by atoms with van der Waals surface area (Å²) in [5.41, 5.74) is 10.1. The fraction of sp³-hybridized carbons (Fsp3) is 0.533. The number of benzene rings is 1. The monoisotopic (exact) mass is 261 g/mol. The van der Waals surface area contributed by atoms with Crippen LogP contribution in [0.15, 0.2) is 12.1 Å². The lowest BCUT2D eigenvalue weighted by Gasteiger charge is -2.30. The van der Waals surface area contributed by atoms with Crippen molar-refractivity contribution in [2.24, 2.45) is 5.41 Å². The van der Waals surface area contributed by atoms with Crippen molar-refractivity contribution in [2.45, 2.75) is 33.6 Å². The summed E-state index contributed by atoms with van der Waals surface area (Å²) in [6.45, 7) is 7.49. The molecule has 0 saturated carbocycles. The molecule has 0 aliphatic carbocycles. The van der Waals surface area contributed by atoms with Gasteiger partial charge in [-0.1, -0.05) is 20.8 Å². The predicted molar refractivity (Wildman–Crippen MR) is 80.5 cm³/mol. The first-order valence-electron chi connectivity index (χ1n) is 6.70. The van der Waals surface area contributed by atoms with Crippen LogP contribution in [0.3, 0.4) is 0 Å². The van der Waals surface area contributed by atoms with E-state index in [1.807, 2.05) is 19.2 Å². The molecule has 19 heavy (non-hydrogen) atoms. The number of rotatable bonds is 2. The number of hydrogen-bond donors (Lipinski definition) is 2. The van der Waals surface area contributed by atoms with Gasteiger partial charge < -0.3 is 16.0 Å². The van der Waals surface area contributed by atoms with Crippen LogP contribution in [0, 0.1) is 5.41 Å². The van der Waals surface area contributed by atoms with Crippen molar-refractivity contribution >= 4 is 23.0 Å². The van der Waals surface area contributed by atoms with E-state index in [0.717, 1.165) is 35.6 Å². The largest absolute Gasteiger partial charge is 0.397 e.